The first-order valence-corrected chi connectivity index (χ1v) is 10.2. The summed E-state index contributed by atoms with van der Waals surface area (Å²) in [6.45, 7) is 4.51. The second-order valence-corrected chi connectivity index (χ2v) is 7.27. The zero-order chi connectivity index (χ0) is 22.2. The fourth-order valence-electron chi connectivity index (χ4n) is 3.49. The molecule has 170 valence electrons. The Labute approximate surface area is 182 Å². The van der Waals surface area contributed by atoms with E-state index in [-0.39, 0.29) is 12.1 Å². The molecule has 0 bridgehead atoms. The van der Waals surface area contributed by atoms with Gasteiger partial charge in [-0.25, -0.2) is 4.99 Å². The SMILES string of the molecule is COCCOc1ccc(OCCOC)c(NCC2=C(C)C3C(N)=NC(N)NC3N=C2)c1. The molecule has 3 atom stereocenters. The van der Waals surface area contributed by atoms with Crippen LogP contribution in [0.5, 0.6) is 11.5 Å². The molecule has 0 radical (unpaired) electrons. The van der Waals surface area contributed by atoms with Crippen LogP contribution < -0.4 is 31.6 Å². The number of fused-ring (bicyclic) bond motifs is 1. The highest BCUT2D eigenvalue weighted by Gasteiger charge is 2.34. The summed E-state index contributed by atoms with van der Waals surface area (Å²) in [5.41, 5.74) is 14.9. The number of rotatable bonds is 11. The summed E-state index contributed by atoms with van der Waals surface area (Å²) in [6.07, 6.45) is 1.13. The molecule has 0 saturated heterocycles. The highest BCUT2D eigenvalue weighted by Crippen LogP contribution is 2.31. The number of hydrogen-bond acceptors (Lipinski definition) is 10. The topological polar surface area (TPSA) is 138 Å². The molecule has 10 nitrogen and oxygen atoms in total. The van der Waals surface area contributed by atoms with E-state index in [2.05, 4.69) is 20.6 Å². The van der Waals surface area contributed by atoms with Crippen LogP contribution in [0.4, 0.5) is 5.69 Å². The molecule has 1 aromatic rings. The predicted molar refractivity (Wildman–Crippen MR) is 121 cm³/mol. The zero-order valence-corrected chi connectivity index (χ0v) is 18.3. The number of aliphatic imine (C=N–C) groups is 2. The van der Waals surface area contributed by atoms with Crippen molar-refractivity contribution in [3.8, 4) is 11.5 Å². The lowest BCUT2D eigenvalue weighted by molar-refractivity contribution is 0.144. The molecule has 6 N–H and O–H groups in total. The Morgan fingerprint density at radius 2 is 1.84 bits per heavy atom. The van der Waals surface area contributed by atoms with Gasteiger partial charge in [-0.1, -0.05) is 5.57 Å². The van der Waals surface area contributed by atoms with E-state index in [9.17, 15) is 0 Å². The number of nitrogens with one attached hydrogen (secondary N) is 2. The van der Waals surface area contributed by atoms with E-state index >= 15 is 0 Å². The van der Waals surface area contributed by atoms with Crippen LogP contribution >= 0.6 is 0 Å². The minimum atomic E-state index is -0.529. The highest BCUT2D eigenvalue weighted by atomic mass is 16.5. The molecule has 3 unspecified atom stereocenters. The van der Waals surface area contributed by atoms with E-state index in [1.165, 1.54) is 0 Å². The summed E-state index contributed by atoms with van der Waals surface area (Å²) in [5.74, 6) is 1.83. The number of amidine groups is 1. The minimum absolute atomic E-state index is 0.109. The van der Waals surface area contributed by atoms with Crippen LogP contribution in [0.3, 0.4) is 0 Å². The number of ether oxygens (including phenoxy) is 4. The molecule has 0 aliphatic carbocycles. The van der Waals surface area contributed by atoms with Gasteiger partial charge < -0.3 is 30.0 Å². The molecule has 2 aliphatic rings. The van der Waals surface area contributed by atoms with Crippen molar-refractivity contribution in [3.05, 3.63) is 29.3 Å². The number of anilines is 1. The Morgan fingerprint density at radius 1 is 1.10 bits per heavy atom. The van der Waals surface area contributed by atoms with Gasteiger partial charge in [0.25, 0.3) is 0 Å². The van der Waals surface area contributed by atoms with Gasteiger partial charge in [0.05, 0.1) is 24.8 Å². The first-order valence-electron chi connectivity index (χ1n) is 10.2. The maximum Gasteiger partial charge on any atom is 0.154 e. The quantitative estimate of drug-likeness (QED) is 0.375. The molecule has 10 heteroatoms. The maximum atomic E-state index is 6.15. The van der Waals surface area contributed by atoms with Gasteiger partial charge in [-0.05, 0) is 24.6 Å². The number of hydrogen-bond donors (Lipinski definition) is 4. The van der Waals surface area contributed by atoms with E-state index < -0.39 is 6.29 Å². The van der Waals surface area contributed by atoms with Crippen LogP contribution in [0.2, 0.25) is 0 Å². The first-order chi connectivity index (χ1) is 15.0. The molecular weight excluding hydrogens is 400 g/mol. The monoisotopic (exact) mass is 432 g/mol. The highest BCUT2D eigenvalue weighted by molar-refractivity contribution is 5.92. The summed E-state index contributed by atoms with van der Waals surface area (Å²) < 4.78 is 21.7. The van der Waals surface area contributed by atoms with Crippen molar-refractivity contribution in [1.82, 2.24) is 5.32 Å². The second-order valence-electron chi connectivity index (χ2n) is 7.27. The number of methoxy groups -OCH3 is 2. The van der Waals surface area contributed by atoms with E-state index in [0.29, 0.717) is 44.6 Å². The minimum Gasteiger partial charge on any atom is -0.491 e. The number of benzene rings is 1. The van der Waals surface area contributed by atoms with E-state index in [4.69, 9.17) is 30.4 Å². The normalized spacial score (nSPS) is 22.7. The van der Waals surface area contributed by atoms with Crippen LogP contribution in [0.1, 0.15) is 6.92 Å². The molecule has 2 aliphatic heterocycles. The molecule has 0 aromatic heterocycles. The lowest BCUT2D eigenvalue weighted by Crippen LogP contribution is -2.55. The van der Waals surface area contributed by atoms with Crippen molar-refractivity contribution in [2.24, 2.45) is 27.4 Å². The molecule has 0 amide bonds. The van der Waals surface area contributed by atoms with Crippen molar-refractivity contribution in [2.75, 3.05) is 52.5 Å². The summed E-state index contributed by atoms with van der Waals surface area (Å²) in [7, 11) is 3.28. The lowest BCUT2D eigenvalue weighted by Gasteiger charge is -2.35. The summed E-state index contributed by atoms with van der Waals surface area (Å²) in [6, 6.07) is 5.66. The summed E-state index contributed by atoms with van der Waals surface area (Å²) >= 11 is 0. The maximum absolute atomic E-state index is 6.15. The summed E-state index contributed by atoms with van der Waals surface area (Å²) in [4.78, 5) is 8.83. The zero-order valence-electron chi connectivity index (χ0n) is 18.3. The average molecular weight is 433 g/mol. The van der Waals surface area contributed by atoms with Gasteiger partial charge in [0.2, 0.25) is 0 Å². The van der Waals surface area contributed by atoms with Crippen molar-refractivity contribution in [2.45, 2.75) is 19.4 Å². The Morgan fingerprint density at radius 3 is 2.58 bits per heavy atom. The molecule has 0 fully saturated rings. The Balaban J connectivity index is 1.74. The largest absolute Gasteiger partial charge is 0.491 e. The van der Waals surface area contributed by atoms with Gasteiger partial charge in [-0.2, -0.15) is 0 Å². The van der Waals surface area contributed by atoms with Crippen LogP contribution in [0.25, 0.3) is 0 Å². The standard InChI is InChI=1S/C21H32N6O4/c1-13-14(12-25-20-18(13)19(22)26-21(23)27-20)11-24-16-10-15(30-8-6-28-2)4-5-17(16)31-9-7-29-3/h4-5,10,12,18,20-21,24,27H,6-9,11,23H2,1-3H3,(H2,22,26). The smallest absolute Gasteiger partial charge is 0.154 e. The molecule has 0 saturated carbocycles. The van der Waals surface area contributed by atoms with Crippen LogP contribution in [-0.2, 0) is 9.47 Å². The lowest BCUT2D eigenvalue weighted by atomic mass is 9.88. The Bertz CT molecular complexity index is 841. The van der Waals surface area contributed by atoms with Crippen molar-refractivity contribution in [3.63, 3.8) is 0 Å². The van der Waals surface area contributed by atoms with Crippen LogP contribution in [0.15, 0.2) is 39.3 Å². The van der Waals surface area contributed by atoms with Gasteiger partial charge in [0.15, 0.2) is 6.29 Å². The Hall–Kier alpha value is -2.66. The molecule has 1 aromatic carbocycles. The van der Waals surface area contributed by atoms with Crippen molar-refractivity contribution in [1.29, 1.82) is 0 Å². The van der Waals surface area contributed by atoms with Gasteiger partial charge >= 0.3 is 0 Å². The van der Waals surface area contributed by atoms with Crippen molar-refractivity contribution < 1.29 is 18.9 Å². The molecule has 3 rings (SSSR count). The summed E-state index contributed by atoms with van der Waals surface area (Å²) in [5, 5.41) is 6.58. The number of dihydropyridines is 1. The van der Waals surface area contributed by atoms with E-state index in [0.717, 1.165) is 22.6 Å². The third kappa shape index (κ3) is 5.95. The number of nitrogens with two attached hydrogens (primary N) is 2. The van der Waals surface area contributed by atoms with E-state index in [1.54, 1.807) is 14.2 Å². The van der Waals surface area contributed by atoms with Gasteiger partial charge in [-0.3, -0.25) is 16.0 Å². The van der Waals surface area contributed by atoms with Gasteiger partial charge in [-0.15, -0.1) is 0 Å². The third-order valence-electron chi connectivity index (χ3n) is 5.15. The molecule has 0 spiro atoms. The van der Waals surface area contributed by atoms with Gasteiger partial charge in [0.1, 0.15) is 36.7 Å². The van der Waals surface area contributed by atoms with E-state index in [1.807, 2.05) is 31.3 Å². The fraction of sp³-hybridized carbons (Fsp3) is 0.524. The first kappa shape index (κ1) is 23.0. The molecule has 2 heterocycles. The third-order valence-corrected chi connectivity index (χ3v) is 5.15. The van der Waals surface area contributed by atoms with Gasteiger partial charge in [0, 0.05) is 33.0 Å². The molecule has 31 heavy (non-hydrogen) atoms. The second kappa shape index (κ2) is 11.1. The predicted octanol–water partition coefficient (Wildman–Crippen LogP) is 0.695. The molecular formula is C21H32N6O4. The van der Waals surface area contributed by atoms with Crippen molar-refractivity contribution >= 4 is 17.7 Å². The Kier molecular flexibility index (Phi) is 8.24. The fourth-order valence-corrected chi connectivity index (χ4v) is 3.49. The number of nitrogens with zero attached hydrogens (tertiary/aromatic N) is 2. The average Bonchev–Trinajstić information content (AvgIpc) is 2.74. The van der Waals surface area contributed by atoms with Crippen LogP contribution in [0, 0.1) is 5.92 Å². The van der Waals surface area contributed by atoms with Crippen LogP contribution in [-0.4, -0.2) is 71.7 Å².